The van der Waals surface area contributed by atoms with Gasteiger partial charge < -0.3 is 15.2 Å². The van der Waals surface area contributed by atoms with E-state index in [1.807, 2.05) is 18.7 Å². The first-order chi connectivity index (χ1) is 9.31. The minimum absolute atomic E-state index is 0.632. The van der Waals surface area contributed by atoms with Gasteiger partial charge in [-0.05, 0) is 49.7 Å². The maximum absolute atomic E-state index is 5.38. The third-order valence-electron chi connectivity index (χ3n) is 4.49. The number of aryl methyl sites for hydroxylation is 1. The topological polar surface area (TPSA) is 41.9 Å². The van der Waals surface area contributed by atoms with Crippen LogP contribution in [0.3, 0.4) is 0 Å². The van der Waals surface area contributed by atoms with Gasteiger partial charge in [-0.3, -0.25) is 0 Å². The predicted octanol–water partition coefficient (Wildman–Crippen LogP) is 1.93. The summed E-state index contributed by atoms with van der Waals surface area (Å²) < 4.78 is 2.09. The number of imidazole rings is 1. The van der Waals surface area contributed by atoms with Gasteiger partial charge in [0.15, 0.2) is 5.11 Å². The molecule has 2 aliphatic carbocycles. The van der Waals surface area contributed by atoms with E-state index in [2.05, 4.69) is 20.2 Å². The van der Waals surface area contributed by atoms with Gasteiger partial charge in [0, 0.05) is 31.5 Å². The number of nitrogens with zero attached hydrogens (tertiary/aromatic N) is 2. The van der Waals surface area contributed by atoms with Crippen LogP contribution in [-0.4, -0.2) is 27.3 Å². The first-order valence-electron chi connectivity index (χ1n) is 7.31. The molecule has 2 N–H and O–H groups in total. The van der Waals surface area contributed by atoms with E-state index in [0.29, 0.717) is 6.04 Å². The van der Waals surface area contributed by atoms with Crippen molar-refractivity contribution < 1.29 is 0 Å². The molecule has 5 heteroatoms. The third-order valence-corrected chi connectivity index (χ3v) is 4.75. The Balaban J connectivity index is 1.31. The Morgan fingerprint density at radius 2 is 2.32 bits per heavy atom. The van der Waals surface area contributed by atoms with Crippen LogP contribution < -0.4 is 10.6 Å². The molecule has 0 saturated heterocycles. The quantitative estimate of drug-likeness (QED) is 0.638. The average Bonchev–Trinajstić information content (AvgIpc) is 3.11. The normalized spacial score (nSPS) is 28.5. The number of thiocarbonyl (C=S) groups is 1. The fourth-order valence-electron chi connectivity index (χ4n) is 3.52. The van der Waals surface area contributed by atoms with Crippen LogP contribution in [-0.2, 0) is 6.54 Å². The molecule has 0 amide bonds. The van der Waals surface area contributed by atoms with Gasteiger partial charge in [-0.15, -0.1) is 0 Å². The van der Waals surface area contributed by atoms with Crippen LogP contribution in [0, 0.1) is 11.8 Å². The number of rotatable bonds is 5. The maximum atomic E-state index is 5.38. The van der Waals surface area contributed by atoms with Crippen molar-refractivity contribution in [2.45, 2.75) is 44.7 Å². The standard InChI is InChI=1S/C14H22N4S/c19-14(16-4-1-6-18-7-5-15-10-18)17-13-9-11-2-3-12(13)8-11/h5,7,10-13H,1-4,6,8-9H2,(H2,16,17,19)/t11-,12+,13+/m0/s1. The molecule has 0 unspecified atom stereocenters. The van der Waals surface area contributed by atoms with E-state index in [1.54, 1.807) is 0 Å². The monoisotopic (exact) mass is 278 g/mol. The molecule has 0 aliphatic heterocycles. The average molecular weight is 278 g/mol. The van der Waals surface area contributed by atoms with E-state index in [1.165, 1.54) is 25.7 Å². The molecule has 0 spiro atoms. The van der Waals surface area contributed by atoms with Crippen molar-refractivity contribution in [1.29, 1.82) is 0 Å². The van der Waals surface area contributed by atoms with Gasteiger partial charge in [0.05, 0.1) is 6.33 Å². The SMILES string of the molecule is S=C(NCCCn1ccnc1)N[C@@H]1C[C@H]2CC[C@@H]1C2. The molecular weight excluding hydrogens is 256 g/mol. The van der Waals surface area contributed by atoms with Crippen molar-refractivity contribution in [1.82, 2.24) is 20.2 Å². The minimum atomic E-state index is 0.632. The van der Waals surface area contributed by atoms with Crippen molar-refractivity contribution in [3.63, 3.8) is 0 Å². The second-order valence-corrected chi connectivity index (χ2v) is 6.24. The van der Waals surface area contributed by atoms with Crippen LogP contribution in [0.2, 0.25) is 0 Å². The van der Waals surface area contributed by atoms with Crippen LogP contribution in [0.1, 0.15) is 32.1 Å². The Hall–Kier alpha value is -1.10. The van der Waals surface area contributed by atoms with Crippen LogP contribution in [0.4, 0.5) is 0 Å². The zero-order valence-electron chi connectivity index (χ0n) is 11.2. The summed E-state index contributed by atoms with van der Waals surface area (Å²) in [4.78, 5) is 4.03. The van der Waals surface area contributed by atoms with Gasteiger partial charge in [-0.1, -0.05) is 6.42 Å². The Morgan fingerprint density at radius 3 is 3.00 bits per heavy atom. The Labute approximate surface area is 120 Å². The molecule has 19 heavy (non-hydrogen) atoms. The Bertz CT molecular complexity index is 417. The lowest BCUT2D eigenvalue weighted by Crippen LogP contribution is -2.44. The second kappa shape index (κ2) is 5.90. The van der Waals surface area contributed by atoms with Crippen molar-refractivity contribution in [3.8, 4) is 0 Å². The highest BCUT2D eigenvalue weighted by Crippen LogP contribution is 2.44. The Kier molecular flexibility index (Phi) is 4.01. The molecule has 2 fully saturated rings. The van der Waals surface area contributed by atoms with Crippen LogP contribution in [0.15, 0.2) is 18.7 Å². The largest absolute Gasteiger partial charge is 0.363 e. The predicted molar refractivity (Wildman–Crippen MR) is 79.8 cm³/mol. The number of fused-ring (bicyclic) bond motifs is 2. The van der Waals surface area contributed by atoms with Gasteiger partial charge >= 0.3 is 0 Å². The third kappa shape index (κ3) is 3.26. The number of aromatic nitrogens is 2. The van der Waals surface area contributed by atoms with E-state index < -0.39 is 0 Å². The first-order valence-corrected chi connectivity index (χ1v) is 7.72. The summed E-state index contributed by atoms with van der Waals surface area (Å²) in [7, 11) is 0. The smallest absolute Gasteiger partial charge is 0.166 e. The minimum Gasteiger partial charge on any atom is -0.363 e. The molecule has 104 valence electrons. The van der Waals surface area contributed by atoms with Crippen molar-refractivity contribution in [2.24, 2.45) is 11.8 Å². The van der Waals surface area contributed by atoms with Crippen molar-refractivity contribution in [3.05, 3.63) is 18.7 Å². The number of hydrogen-bond acceptors (Lipinski definition) is 2. The lowest BCUT2D eigenvalue weighted by molar-refractivity contribution is 0.389. The summed E-state index contributed by atoms with van der Waals surface area (Å²) in [6.45, 7) is 1.91. The van der Waals surface area contributed by atoms with Gasteiger partial charge in [0.25, 0.3) is 0 Å². The molecule has 1 aromatic heterocycles. The summed E-state index contributed by atoms with van der Waals surface area (Å²) >= 11 is 5.38. The molecule has 2 saturated carbocycles. The van der Waals surface area contributed by atoms with Crippen molar-refractivity contribution in [2.75, 3.05) is 6.54 Å². The molecule has 2 bridgehead atoms. The Morgan fingerprint density at radius 1 is 1.37 bits per heavy atom. The van der Waals surface area contributed by atoms with E-state index in [4.69, 9.17) is 12.2 Å². The van der Waals surface area contributed by atoms with Crippen LogP contribution in [0.5, 0.6) is 0 Å². The molecule has 2 aliphatic rings. The molecule has 1 aromatic rings. The van der Waals surface area contributed by atoms with Gasteiger partial charge in [0.1, 0.15) is 0 Å². The molecule has 3 rings (SSSR count). The molecule has 0 radical (unpaired) electrons. The van der Waals surface area contributed by atoms with Gasteiger partial charge in [-0.25, -0.2) is 4.98 Å². The highest BCUT2D eigenvalue weighted by atomic mass is 32.1. The molecule has 3 atom stereocenters. The van der Waals surface area contributed by atoms with E-state index >= 15 is 0 Å². The first kappa shape index (κ1) is 12.9. The molecular formula is C14H22N4S. The summed E-state index contributed by atoms with van der Waals surface area (Å²) in [6.07, 6.45) is 12.3. The zero-order chi connectivity index (χ0) is 13.1. The summed E-state index contributed by atoms with van der Waals surface area (Å²) in [5.74, 6) is 1.84. The molecule has 0 aromatic carbocycles. The summed E-state index contributed by atoms with van der Waals surface area (Å²) in [6, 6.07) is 0.632. The second-order valence-electron chi connectivity index (χ2n) is 5.84. The van der Waals surface area contributed by atoms with Crippen LogP contribution >= 0.6 is 12.2 Å². The van der Waals surface area contributed by atoms with E-state index in [0.717, 1.165) is 36.5 Å². The van der Waals surface area contributed by atoms with Crippen LogP contribution in [0.25, 0.3) is 0 Å². The zero-order valence-corrected chi connectivity index (χ0v) is 12.0. The fourth-order valence-corrected chi connectivity index (χ4v) is 3.78. The summed E-state index contributed by atoms with van der Waals surface area (Å²) in [5, 5.41) is 7.66. The van der Waals surface area contributed by atoms with E-state index in [-0.39, 0.29) is 0 Å². The van der Waals surface area contributed by atoms with E-state index in [9.17, 15) is 0 Å². The number of nitrogens with one attached hydrogen (secondary N) is 2. The van der Waals surface area contributed by atoms with Crippen molar-refractivity contribution >= 4 is 17.3 Å². The maximum Gasteiger partial charge on any atom is 0.166 e. The fraction of sp³-hybridized carbons (Fsp3) is 0.714. The molecule has 4 nitrogen and oxygen atoms in total. The van der Waals surface area contributed by atoms with Gasteiger partial charge in [-0.2, -0.15) is 0 Å². The lowest BCUT2D eigenvalue weighted by Gasteiger charge is -2.24. The highest BCUT2D eigenvalue weighted by molar-refractivity contribution is 7.80. The highest BCUT2D eigenvalue weighted by Gasteiger charge is 2.39. The summed E-state index contributed by atoms with van der Waals surface area (Å²) in [5.41, 5.74) is 0. The lowest BCUT2D eigenvalue weighted by atomic mass is 9.96. The molecule has 1 heterocycles. The van der Waals surface area contributed by atoms with Gasteiger partial charge in [0.2, 0.25) is 0 Å². The number of hydrogen-bond donors (Lipinski definition) is 2.